The van der Waals surface area contributed by atoms with Gasteiger partial charge in [0.05, 0.1) is 23.4 Å². The summed E-state index contributed by atoms with van der Waals surface area (Å²) in [4.78, 5) is 11.7. The highest BCUT2D eigenvalue weighted by molar-refractivity contribution is 6.38. The monoisotopic (exact) mass is 300 g/mol. The van der Waals surface area contributed by atoms with Gasteiger partial charge in [-0.1, -0.05) is 23.2 Å². The lowest BCUT2D eigenvalue weighted by molar-refractivity contribution is -0.135. The van der Waals surface area contributed by atoms with E-state index >= 15 is 0 Å². The number of rotatable bonds is 3. The first kappa shape index (κ1) is 14.2. The third-order valence-electron chi connectivity index (χ3n) is 2.80. The van der Waals surface area contributed by atoms with Crippen LogP contribution in [0.3, 0.4) is 0 Å². The second-order valence-corrected chi connectivity index (χ2v) is 5.10. The highest BCUT2D eigenvalue weighted by Crippen LogP contribution is 2.33. The van der Waals surface area contributed by atoms with Gasteiger partial charge in [0.2, 0.25) is 0 Å². The zero-order valence-electron chi connectivity index (χ0n) is 10.7. The van der Waals surface area contributed by atoms with Crippen molar-refractivity contribution in [1.82, 2.24) is 0 Å². The molecule has 0 aliphatic carbocycles. The molecule has 0 aromatic heterocycles. The standard InChI is InChI=1S/C13H14Cl2N2O2/c1-3-19-13(18)11-6-8(2)17(16-11)12-5-4-9(14)7-10(12)15/h4-5,7-8H,3,6H2,1-2H3. The Morgan fingerprint density at radius 2 is 2.26 bits per heavy atom. The third-order valence-corrected chi connectivity index (χ3v) is 3.34. The third kappa shape index (κ3) is 3.01. The first-order chi connectivity index (χ1) is 9.02. The largest absolute Gasteiger partial charge is 0.461 e. The SMILES string of the molecule is CCOC(=O)C1=NN(c2ccc(Cl)cc2Cl)C(C)C1. The smallest absolute Gasteiger partial charge is 0.354 e. The molecule has 2 rings (SSSR count). The van der Waals surface area contributed by atoms with Gasteiger partial charge < -0.3 is 4.74 Å². The molecular weight excluding hydrogens is 287 g/mol. The fourth-order valence-corrected chi connectivity index (χ4v) is 2.43. The van der Waals surface area contributed by atoms with Crippen LogP contribution in [0.15, 0.2) is 23.3 Å². The summed E-state index contributed by atoms with van der Waals surface area (Å²) in [5, 5.41) is 7.10. The number of benzene rings is 1. The molecule has 102 valence electrons. The van der Waals surface area contributed by atoms with Crippen LogP contribution >= 0.6 is 23.2 Å². The van der Waals surface area contributed by atoms with Crippen molar-refractivity contribution < 1.29 is 9.53 Å². The van der Waals surface area contributed by atoms with Crippen LogP contribution in [0, 0.1) is 0 Å². The lowest BCUT2D eigenvalue weighted by Gasteiger charge is -2.21. The predicted molar refractivity (Wildman–Crippen MR) is 77.1 cm³/mol. The van der Waals surface area contributed by atoms with Gasteiger partial charge in [-0.15, -0.1) is 0 Å². The number of hydrogen-bond donors (Lipinski definition) is 0. The molecule has 0 fully saturated rings. The van der Waals surface area contributed by atoms with E-state index in [4.69, 9.17) is 27.9 Å². The molecule has 1 aromatic rings. The van der Waals surface area contributed by atoms with Gasteiger partial charge in [0.15, 0.2) is 0 Å². The van der Waals surface area contributed by atoms with Crippen LogP contribution in [0.4, 0.5) is 5.69 Å². The Labute approximate surface area is 121 Å². The Morgan fingerprint density at radius 1 is 1.53 bits per heavy atom. The van der Waals surface area contributed by atoms with Gasteiger partial charge in [0.1, 0.15) is 5.71 Å². The topological polar surface area (TPSA) is 41.9 Å². The first-order valence-electron chi connectivity index (χ1n) is 6.01. The molecule has 19 heavy (non-hydrogen) atoms. The molecule has 1 aliphatic rings. The molecule has 0 N–H and O–H groups in total. The molecule has 0 bridgehead atoms. The Balaban J connectivity index is 2.27. The summed E-state index contributed by atoms with van der Waals surface area (Å²) in [5.41, 5.74) is 1.15. The molecule has 4 nitrogen and oxygen atoms in total. The summed E-state index contributed by atoms with van der Waals surface area (Å²) in [6.45, 7) is 4.08. The highest BCUT2D eigenvalue weighted by Gasteiger charge is 2.29. The fourth-order valence-electron chi connectivity index (χ4n) is 1.93. The van der Waals surface area contributed by atoms with Gasteiger partial charge in [-0.05, 0) is 32.0 Å². The number of hydrogen-bond acceptors (Lipinski definition) is 4. The minimum absolute atomic E-state index is 0.0538. The van der Waals surface area contributed by atoms with E-state index in [2.05, 4.69) is 5.10 Å². The quantitative estimate of drug-likeness (QED) is 0.802. The van der Waals surface area contributed by atoms with E-state index in [0.717, 1.165) is 5.69 Å². The number of esters is 1. The van der Waals surface area contributed by atoms with Crippen molar-refractivity contribution in [3.63, 3.8) is 0 Å². The molecule has 6 heteroatoms. The van der Waals surface area contributed by atoms with Gasteiger partial charge in [-0.3, -0.25) is 5.01 Å². The first-order valence-corrected chi connectivity index (χ1v) is 6.77. The summed E-state index contributed by atoms with van der Waals surface area (Å²) in [6, 6.07) is 5.24. The van der Waals surface area contributed by atoms with Crippen LogP contribution in [0.1, 0.15) is 20.3 Å². The summed E-state index contributed by atoms with van der Waals surface area (Å²) in [6.07, 6.45) is 0.539. The van der Waals surface area contributed by atoms with Crippen molar-refractivity contribution in [3.05, 3.63) is 28.2 Å². The van der Waals surface area contributed by atoms with E-state index in [9.17, 15) is 4.79 Å². The number of ether oxygens (including phenoxy) is 1. The summed E-state index contributed by atoms with van der Waals surface area (Å²) < 4.78 is 4.96. The maximum absolute atomic E-state index is 11.7. The minimum Gasteiger partial charge on any atom is -0.461 e. The second kappa shape index (κ2) is 5.80. The molecule has 0 saturated carbocycles. The second-order valence-electron chi connectivity index (χ2n) is 4.26. The van der Waals surface area contributed by atoms with Crippen molar-refractivity contribution in [2.75, 3.05) is 11.6 Å². The van der Waals surface area contributed by atoms with E-state index in [0.29, 0.717) is 28.8 Å². The molecular formula is C13H14Cl2N2O2. The van der Waals surface area contributed by atoms with Crippen LogP contribution in [0.2, 0.25) is 10.0 Å². The lowest BCUT2D eigenvalue weighted by atomic mass is 10.1. The van der Waals surface area contributed by atoms with E-state index in [1.54, 1.807) is 30.1 Å². The van der Waals surface area contributed by atoms with Crippen molar-refractivity contribution in [2.45, 2.75) is 26.3 Å². The molecule has 0 saturated heterocycles. The van der Waals surface area contributed by atoms with Crippen molar-refractivity contribution in [2.24, 2.45) is 5.10 Å². The molecule has 0 spiro atoms. The van der Waals surface area contributed by atoms with Crippen LogP contribution in [-0.2, 0) is 9.53 Å². The Hall–Kier alpha value is -1.26. The lowest BCUT2D eigenvalue weighted by Crippen LogP contribution is -2.23. The Kier molecular flexibility index (Phi) is 4.32. The number of carbonyl (C=O) groups is 1. The molecule has 1 atom stereocenters. The maximum Gasteiger partial charge on any atom is 0.354 e. The average molecular weight is 301 g/mol. The minimum atomic E-state index is -0.373. The predicted octanol–water partition coefficient (Wildman–Crippen LogP) is 3.51. The zero-order valence-corrected chi connectivity index (χ0v) is 12.2. The normalized spacial score (nSPS) is 18.4. The van der Waals surface area contributed by atoms with Crippen LogP contribution in [0.25, 0.3) is 0 Å². The molecule has 1 heterocycles. The van der Waals surface area contributed by atoms with Gasteiger partial charge in [-0.2, -0.15) is 5.10 Å². The molecule has 0 amide bonds. The Bertz CT molecular complexity index is 531. The van der Waals surface area contributed by atoms with E-state index < -0.39 is 0 Å². The van der Waals surface area contributed by atoms with E-state index in [-0.39, 0.29) is 12.0 Å². The molecule has 0 radical (unpaired) electrons. The number of anilines is 1. The zero-order chi connectivity index (χ0) is 14.0. The summed E-state index contributed by atoms with van der Waals surface area (Å²) in [7, 11) is 0. The van der Waals surface area contributed by atoms with E-state index in [1.165, 1.54) is 0 Å². The summed E-state index contributed by atoms with van der Waals surface area (Å²) >= 11 is 12.0. The number of nitrogens with zero attached hydrogens (tertiary/aromatic N) is 2. The number of carbonyl (C=O) groups excluding carboxylic acids is 1. The highest BCUT2D eigenvalue weighted by atomic mass is 35.5. The van der Waals surface area contributed by atoms with Crippen LogP contribution < -0.4 is 5.01 Å². The van der Waals surface area contributed by atoms with Crippen molar-refractivity contribution >= 4 is 40.6 Å². The molecule has 1 unspecified atom stereocenters. The Morgan fingerprint density at radius 3 is 2.89 bits per heavy atom. The fraction of sp³-hybridized carbons (Fsp3) is 0.385. The van der Waals surface area contributed by atoms with Gasteiger partial charge in [0.25, 0.3) is 0 Å². The molecule has 1 aromatic carbocycles. The van der Waals surface area contributed by atoms with Gasteiger partial charge in [0, 0.05) is 11.4 Å². The maximum atomic E-state index is 11.7. The number of hydrazone groups is 1. The van der Waals surface area contributed by atoms with Crippen LogP contribution in [-0.4, -0.2) is 24.3 Å². The van der Waals surface area contributed by atoms with Crippen molar-refractivity contribution in [1.29, 1.82) is 0 Å². The summed E-state index contributed by atoms with van der Waals surface area (Å²) in [5.74, 6) is -0.373. The van der Waals surface area contributed by atoms with Crippen LogP contribution in [0.5, 0.6) is 0 Å². The van der Waals surface area contributed by atoms with Gasteiger partial charge in [-0.25, -0.2) is 4.79 Å². The van der Waals surface area contributed by atoms with E-state index in [1.807, 2.05) is 6.92 Å². The van der Waals surface area contributed by atoms with Crippen molar-refractivity contribution in [3.8, 4) is 0 Å². The average Bonchev–Trinajstić information content (AvgIpc) is 2.72. The number of halogens is 2. The molecule has 1 aliphatic heterocycles. The van der Waals surface area contributed by atoms with Gasteiger partial charge >= 0.3 is 5.97 Å².